The molecule has 1 N–H and O–H groups in total. The number of rotatable bonds is 10. The molecule has 1 amide bonds. The summed E-state index contributed by atoms with van der Waals surface area (Å²) in [6.07, 6.45) is 1.61. The zero-order valence-corrected chi connectivity index (χ0v) is 16.8. The van der Waals surface area contributed by atoms with Gasteiger partial charge in [-0.3, -0.25) is 4.79 Å². The predicted octanol–water partition coefficient (Wildman–Crippen LogP) is 4.82. The minimum Gasteiger partial charge on any atom is -0.493 e. The molecule has 4 heteroatoms. The van der Waals surface area contributed by atoms with Crippen molar-refractivity contribution in [1.29, 1.82) is 0 Å². The van der Waals surface area contributed by atoms with Gasteiger partial charge in [0.2, 0.25) is 0 Å². The Bertz CT molecular complexity index is 874. The van der Waals surface area contributed by atoms with Crippen molar-refractivity contribution in [2.75, 3.05) is 19.8 Å². The summed E-state index contributed by atoms with van der Waals surface area (Å²) in [5, 5.41) is 2.95. The van der Waals surface area contributed by atoms with Gasteiger partial charge in [-0.1, -0.05) is 48.0 Å². The Morgan fingerprint density at radius 3 is 2.00 bits per heavy atom. The average molecular weight is 389 g/mol. The quantitative estimate of drug-likeness (QED) is 0.506. The lowest BCUT2D eigenvalue weighted by Gasteiger charge is -2.09. The van der Waals surface area contributed by atoms with Crippen LogP contribution in [0, 0.1) is 6.92 Å². The summed E-state index contributed by atoms with van der Waals surface area (Å²) in [4.78, 5) is 12.2. The van der Waals surface area contributed by atoms with E-state index in [1.165, 1.54) is 11.1 Å². The summed E-state index contributed by atoms with van der Waals surface area (Å²) in [5.74, 6) is 1.55. The van der Waals surface area contributed by atoms with E-state index in [0.29, 0.717) is 25.3 Å². The van der Waals surface area contributed by atoms with Crippen LogP contribution in [0.3, 0.4) is 0 Å². The molecule has 0 heterocycles. The summed E-state index contributed by atoms with van der Waals surface area (Å²) in [7, 11) is 0. The first-order valence-electron chi connectivity index (χ1n) is 9.95. The summed E-state index contributed by atoms with van der Waals surface area (Å²) < 4.78 is 11.4. The highest BCUT2D eigenvalue weighted by molar-refractivity contribution is 5.94. The lowest BCUT2D eigenvalue weighted by Crippen LogP contribution is -2.25. The van der Waals surface area contributed by atoms with Gasteiger partial charge in [-0.05, 0) is 55.3 Å². The summed E-state index contributed by atoms with van der Waals surface area (Å²) in [6.45, 7) is 3.83. The molecule has 150 valence electrons. The Morgan fingerprint density at radius 1 is 0.793 bits per heavy atom. The Balaban J connectivity index is 1.33. The number of carbonyl (C=O) groups is 1. The van der Waals surface area contributed by atoms with Crippen LogP contribution in [-0.2, 0) is 6.42 Å². The van der Waals surface area contributed by atoms with Gasteiger partial charge in [-0.2, -0.15) is 0 Å². The first-order valence-corrected chi connectivity index (χ1v) is 9.95. The van der Waals surface area contributed by atoms with Crippen LogP contribution in [0.15, 0.2) is 78.9 Å². The second kappa shape index (κ2) is 10.9. The Kier molecular flexibility index (Phi) is 7.70. The standard InChI is InChI=1S/C25H27NO3/c1-20-8-12-23(13-9-20)28-18-5-19-29-24-14-10-22(11-15-24)25(27)26-17-16-21-6-3-2-4-7-21/h2-4,6-15H,5,16-19H2,1H3,(H,26,27). The van der Waals surface area contributed by atoms with Gasteiger partial charge < -0.3 is 14.8 Å². The number of aryl methyl sites for hydroxylation is 1. The maximum Gasteiger partial charge on any atom is 0.251 e. The number of nitrogens with one attached hydrogen (secondary N) is 1. The molecule has 29 heavy (non-hydrogen) atoms. The SMILES string of the molecule is Cc1ccc(OCCCOc2ccc(C(=O)NCCc3ccccc3)cc2)cc1. The molecule has 0 saturated heterocycles. The first-order chi connectivity index (χ1) is 14.2. The molecule has 0 atom stereocenters. The van der Waals surface area contributed by atoms with E-state index in [9.17, 15) is 4.79 Å². The molecule has 0 saturated carbocycles. The molecule has 0 unspecified atom stereocenters. The van der Waals surface area contributed by atoms with E-state index in [1.807, 2.05) is 54.6 Å². The Hall–Kier alpha value is -3.27. The molecule has 0 fully saturated rings. The highest BCUT2D eigenvalue weighted by atomic mass is 16.5. The second-order valence-corrected chi connectivity index (χ2v) is 6.88. The molecule has 0 aliphatic rings. The van der Waals surface area contributed by atoms with Crippen molar-refractivity contribution < 1.29 is 14.3 Å². The lowest BCUT2D eigenvalue weighted by atomic mass is 10.1. The fourth-order valence-electron chi connectivity index (χ4n) is 2.84. The fourth-order valence-corrected chi connectivity index (χ4v) is 2.84. The van der Waals surface area contributed by atoms with Crippen LogP contribution < -0.4 is 14.8 Å². The predicted molar refractivity (Wildman–Crippen MR) is 116 cm³/mol. The molecular weight excluding hydrogens is 362 g/mol. The van der Waals surface area contributed by atoms with Crippen LogP contribution >= 0.6 is 0 Å². The number of hydrogen-bond acceptors (Lipinski definition) is 3. The van der Waals surface area contributed by atoms with E-state index in [1.54, 1.807) is 12.1 Å². The summed E-state index contributed by atoms with van der Waals surface area (Å²) in [6, 6.07) is 25.4. The zero-order chi connectivity index (χ0) is 20.3. The van der Waals surface area contributed by atoms with E-state index in [-0.39, 0.29) is 5.91 Å². The lowest BCUT2D eigenvalue weighted by molar-refractivity contribution is 0.0954. The monoisotopic (exact) mass is 389 g/mol. The van der Waals surface area contributed by atoms with E-state index >= 15 is 0 Å². The third kappa shape index (κ3) is 7.00. The van der Waals surface area contributed by atoms with Gasteiger partial charge >= 0.3 is 0 Å². The molecule has 4 nitrogen and oxygen atoms in total. The van der Waals surface area contributed by atoms with Crippen LogP contribution in [0.25, 0.3) is 0 Å². The van der Waals surface area contributed by atoms with Crippen molar-refractivity contribution >= 4 is 5.91 Å². The van der Waals surface area contributed by atoms with Crippen LogP contribution in [0.1, 0.15) is 27.9 Å². The number of hydrogen-bond donors (Lipinski definition) is 1. The van der Waals surface area contributed by atoms with Crippen molar-refractivity contribution in [3.63, 3.8) is 0 Å². The maximum atomic E-state index is 12.2. The van der Waals surface area contributed by atoms with Crippen molar-refractivity contribution in [3.05, 3.63) is 95.6 Å². The normalized spacial score (nSPS) is 10.4. The molecule has 0 radical (unpaired) electrons. The Labute approximate surface area is 172 Å². The van der Waals surface area contributed by atoms with Crippen LogP contribution in [0.4, 0.5) is 0 Å². The van der Waals surface area contributed by atoms with E-state index in [4.69, 9.17) is 9.47 Å². The molecule has 0 aliphatic heterocycles. The Morgan fingerprint density at radius 2 is 1.38 bits per heavy atom. The van der Waals surface area contributed by atoms with Gasteiger partial charge in [0.25, 0.3) is 5.91 Å². The number of benzene rings is 3. The van der Waals surface area contributed by atoms with Crippen LogP contribution in [-0.4, -0.2) is 25.7 Å². The van der Waals surface area contributed by atoms with Gasteiger partial charge in [-0.25, -0.2) is 0 Å². The molecule has 3 aromatic rings. The summed E-state index contributed by atoms with van der Waals surface area (Å²) >= 11 is 0. The van der Waals surface area contributed by atoms with Crippen molar-refractivity contribution in [2.24, 2.45) is 0 Å². The fraction of sp³-hybridized carbons (Fsp3) is 0.240. The van der Waals surface area contributed by atoms with E-state index < -0.39 is 0 Å². The van der Waals surface area contributed by atoms with Crippen molar-refractivity contribution in [2.45, 2.75) is 19.8 Å². The number of carbonyl (C=O) groups excluding carboxylic acids is 1. The highest BCUT2D eigenvalue weighted by Crippen LogP contribution is 2.14. The average Bonchev–Trinajstić information content (AvgIpc) is 2.76. The van der Waals surface area contributed by atoms with Gasteiger partial charge in [0.1, 0.15) is 11.5 Å². The molecule has 0 bridgehead atoms. The van der Waals surface area contributed by atoms with Gasteiger partial charge in [-0.15, -0.1) is 0 Å². The number of ether oxygens (including phenoxy) is 2. The maximum absolute atomic E-state index is 12.2. The van der Waals surface area contributed by atoms with E-state index in [0.717, 1.165) is 24.3 Å². The van der Waals surface area contributed by atoms with Crippen LogP contribution in [0.2, 0.25) is 0 Å². The van der Waals surface area contributed by atoms with Gasteiger partial charge in [0.15, 0.2) is 0 Å². The van der Waals surface area contributed by atoms with Gasteiger partial charge in [0, 0.05) is 18.5 Å². The molecule has 0 spiro atoms. The number of amides is 1. The van der Waals surface area contributed by atoms with Crippen molar-refractivity contribution in [1.82, 2.24) is 5.32 Å². The topological polar surface area (TPSA) is 47.6 Å². The molecule has 3 aromatic carbocycles. The minimum absolute atomic E-state index is 0.0704. The molecular formula is C25H27NO3. The van der Waals surface area contributed by atoms with Gasteiger partial charge in [0.05, 0.1) is 13.2 Å². The zero-order valence-electron chi connectivity index (χ0n) is 16.8. The third-order valence-electron chi connectivity index (χ3n) is 4.51. The molecule has 0 aliphatic carbocycles. The van der Waals surface area contributed by atoms with Crippen LogP contribution in [0.5, 0.6) is 11.5 Å². The summed E-state index contributed by atoms with van der Waals surface area (Å²) in [5.41, 5.74) is 3.06. The van der Waals surface area contributed by atoms with Crippen molar-refractivity contribution in [3.8, 4) is 11.5 Å². The molecule has 0 aromatic heterocycles. The van der Waals surface area contributed by atoms with E-state index in [2.05, 4.69) is 24.4 Å². The first kappa shape index (κ1) is 20.5. The third-order valence-corrected chi connectivity index (χ3v) is 4.51. The smallest absolute Gasteiger partial charge is 0.251 e. The second-order valence-electron chi connectivity index (χ2n) is 6.88. The highest BCUT2D eigenvalue weighted by Gasteiger charge is 2.05. The minimum atomic E-state index is -0.0704. The largest absolute Gasteiger partial charge is 0.493 e. The molecule has 3 rings (SSSR count).